The Labute approximate surface area is 155 Å². The van der Waals surface area contributed by atoms with Crippen molar-refractivity contribution in [3.8, 4) is 5.75 Å². The molecule has 0 radical (unpaired) electrons. The van der Waals surface area contributed by atoms with E-state index in [2.05, 4.69) is 15.8 Å². The zero-order chi connectivity index (χ0) is 19.6. The number of nitrogens with zero attached hydrogens (tertiary/aromatic N) is 1. The number of ether oxygens (including phenoxy) is 1. The molecule has 0 aliphatic rings. The minimum atomic E-state index is -1.02. The molecule has 3 N–H and O–H groups in total. The molecule has 0 fully saturated rings. The molecule has 8 nitrogen and oxygen atoms in total. The van der Waals surface area contributed by atoms with Gasteiger partial charge in [0.15, 0.2) is 6.61 Å². The molecule has 0 aliphatic carbocycles. The highest BCUT2D eigenvalue weighted by Crippen LogP contribution is 2.11. The van der Waals surface area contributed by atoms with Crippen molar-refractivity contribution in [1.82, 2.24) is 10.7 Å². The molecular formula is C19H19N3O5. The third kappa shape index (κ3) is 6.99. The van der Waals surface area contributed by atoms with Crippen LogP contribution in [0.25, 0.3) is 0 Å². The number of rotatable bonds is 8. The Hall–Kier alpha value is -3.68. The number of amides is 2. The summed E-state index contributed by atoms with van der Waals surface area (Å²) in [5, 5.41) is 15.0. The lowest BCUT2D eigenvalue weighted by Crippen LogP contribution is -2.37. The average molecular weight is 369 g/mol. The highest BCUT2D eigenvalue weighted by Gasteiger charge is 2.06. The van der Waals surface area contributed by atoms with E-state index >= 15 is 0 Å². The molecule has 8 heteroatoms. The van der Waals surface area contributed by atoms with Crippen LogP contribution in [-0.4, -0.2) is 42.3 Å². The maximum Gasteiger partial charge on any atom is 0.335 e. The Morgan fingerprint density at radius 1 is 1.11 bits per heavy atom. The fourth-order valence-corrected chi connectivity index (χ4v) is 2.01. The topological polar surface area (TPSA) is 117 Å². The standard InChI is InChI=1S/C19H19N3O5/c1-13-3-2-4-16(9-13)27-12-18(24)20-11-17(23)22-21-10-14-5-7-15(8-6-14)19(25)26/h2-10H,11-12H2,1H3,(H,20,24)(H,22,23)(H,25,26)/b21-10+. The van der Waals surface area contributed by atoms with E-state index in [4.69, 9.17) is 9.84 Å². The Morgan fingerprint density at radius 3 is 2.52 bits per heavy atom. The Bertz CT molecular complexity index is 847. The van der Waals surface area contributed by atoms with Gasteiger partial charge in [0.1, 0.15) is 5.75 Å². The van der Waals surface area contributed by atoms with Gasteiger partial charge in [-0.25, -0.2) is 10.2 Å². The lowest BCUT2D eigenvalue weighted by molar-refractivity contribution is -0.127. The van der Waals surface area contributed by atoms with Crippen LogP contribution in [0.15, 0.2) is 53.6 Å². The number of carboxylic acids is 1. The summed E-state index contributed by atoms with van der Waals surface area (Å²) in [4.78, 5) is 34.1. The van der Waals surface area contributed by atoms with E-state index in [1.165, 1.54) is 18.3 Å². The van der Waals surface area contributed by atoms with Crippen molar-refractivity contribution in [2.24, 2.45) is 5.10 Å². The molecule has 2 rings (SSSR count). The highest BCUT2D eigenvalue weighted by molar-refractivity contribution is 5.90. The molecule has 0 atom stereocenters. The molecular weight excluding hydrogens is 350 g/mol. The van der Waals surface area contributed by atoms with Crippen molar-refractivity contribution in [1.29, 1.82) is 0 Å². The molecule has 27 heavy (non-hydrogen) atoms. The zero-order valence-electron chi connectivity index (χ0n) is 14.6. The van der Waals surface area contributed by atoms with Gasteiger partial charge in [0, 0.05) is 0 Å². The Balaban J connectivity index is 1.69. The fraction of sp³-hybridized carbons (Fsp3) is 0.158. The fourth-order valence-electron chi connectivity index (χ4n) is 2.01. The maximum absolute atomic E-state index is 11.7. The molecule has 2 aromatic carbocycles. The largest absolute Gasteiger partial charge is 0.484 e. The monoisotopic (exact) mass is 369 g/mol. The predicted molar refractivity (Wildman–Crippen MR) is 98.8 cm³/mol. The van der Waals surface area contributed by atoms with E-state index in [1.807, 2.05) is 19.1 Å². The molecule has 2 amide bonds. The normalized spacial score (nSPS) is 10.4. The number of carbonyl (C=O) groups excluding carboxylic acids is 2. The van der Waals surface area contributed by atoms with Crippen LogP contribution in [0.4, 0.5) is 0 Å². The number of hydrogen-bond acceptors (Lipinski definition) is 5. The SMILES string of the molecule is Cc1cccc(OCC(=O)NCC(=O)N/N=C/c2ccc(C(=O)O)cc2)c1. The first-order valence-electron chi connectivity index (χ1n) is 8.05. The number of aryl methyl sites for hydroxylation is 1. The molecule has 0 saturated carbocycles. The van der Waals surface area contributed by atoms with Crippen LogP contribution in [0, 0.1) is 6.92 Å². The van der Waals surface area contributed by atoms with Gasteiger partial charge in [-0.1, -0.05) is 24.3 Å². The van der Waals surface area contributed by atoms with Gasteiger partial charge in [-0.3, -0.25) is 9.59 Å². The number of carbonyl (C=O) groups is 3. The molecule has 2 aromatic rings. The van der Waals surface area contributed by atoms with Gasteiger partial charge in [-0.05, 0) is 42.3 Å². The average Bonchev–Trinajstić information content (AvgIpc) is 2.65. The van der Waals surface area contributed by atoms with E-state index in [9.17, 15) is 14.4 Å². The van der Waals surface area contributed by atoms with Crippen LogP contribution in [0.5, 0.6) is 5.75 Å². The highest BCUT2D eigenvalue weighted by atomic mass is 16.5. The predicted octanol–water partition coefficient (Wildman–Crippen LogP) is 1.34. The Kier molecular flexibility index (Phi) is 7.07. The van der Waals surface area contributed by atoms with Gasteiger partial charge in [-0.2, -0.15) is 5.10 Å². The second-order valence-electron chi connectivity index (χ2n) is 5.60. The number of aromatic carboxylic acids is 1. The molecule has 0 unspecified atom stereocenters. The first-order chi connectivity index (χ1) is 12.9. The molecule has 0 aromatic heterocycles. The lowest BCUT2D eigenvalue weighted by atomic mass is 10.1. The zero-order valence-corrected chi connectivity index (χ0v) is 14.6. The van der Waals surface area contributed by atoms with Crippen molar-refractivity contribution in [3.05, 3.63) is 65.2 Å². The minimum absolute atomic E-state index is 0.159. The van der Waals surface area contributed by atoms with Crippen molar-refractivity contribution < 1.29 is 24.2 Å². The Morgan fingerprint density at radius 2 is 1.85 bits per heavy atom. The molecule has 0 bridgehead atoms. The summed E-state index contributed by atoms with van der Waals surface area (Å²) < 4.78 is 5.33. The summed E-state index contributed by atoms with van der Waals surface area (Å²) in [7, 11) is 0. The summed E-state index contributed by atoms with van der Waals surface area (Å²) in [6.07, 6.45) is 1.37. The number of carboxylic acid groups (broad SMARTS) is 1. The minimum Gasteiger partial charge on any atom is -0.484 e. The van der Waals surface area contributed by atoms with Crippen LogP contribution in [0.3, 0.4) is 0 Å². The molecule has 0 spiro atoms. The van der Waals surface area contributed by atoms with Crippen LogP contribution < -0.4 is 15.5 Å². The summed E-state index contributed by atoms with van der Waals surface area (Å²) in [6.45, 7) is 1.47. The van der Waals surface area contributed by atoms with Crippen LogP contribution in [-0.2, 0) is 9.59 Å². The van der Waals surface area contributed by atoms with Crippen molar-refractivity contribution in [2.75, 3.05) is 13.2 Å². The summed E-state index contributed by atoms with van der Waals surface area (Å²) >= 11 is 0. The maximum atomic E-state index is 11.7. The smallest absolute Gasteiger partial charge is 0.335 e. The second kappa shape index (κ2) is 9.71. The second-order valence-corrected chi connectivity index (χ2v) is 5.60. The first kappa shape index (κ1) is 19.6. The summed E-state index contributed by atoms with van der Waals surface area (Å²) in [5.41, 5.74) is 4.06. The van der Waals surface area contributed by atoms with Gasteiger partial charge in [-0.15, -0.1) is 0 Å². The van der Waals surface area contributed by atoms with E-state index in [1.54, 1.807) is 24.3 Å². The summed E-state index contributed by atoms with van der Waals surface area (Å²) in [6, 6.07) is 13.3. The first-order valence-corrected chi connectivity index (χ1v) is 8.05. The van der Waals surface area contributed by atoms with E-state index in [0.29, 0.717) is 11.3 Å². The van der Waals surface area contributed by atoms with Crippen LogP contribution >= 0.6 is 0 Å². The van der Waals surface area contributed by atoms with Crippen LogP contribution in [0.1, 0.15) is 21.5 Å². The van der Waals surface area contributed by atoms with Crippen molar-refractivity contribution >= 4 is 24.0 Å². The van der Waals surface area contributed by atoms with Crippen molar-refractivity contribution in [2.45, 2.75) is 6.92 Å². The summed E-state index contributed by atoms with van der Waals surface area (Å²) in [5.74, 6) is -1.38. The quantitative estimate of drug-likeness (QED) is 0.479. The molecule has 0 aliphatic heterocycles. The number of benzene rings is 2. The van der Waals surface area contributed by atoms with Gasteiger partial charge in [0.2, 0.25) is 0 Å². The van der Waals surface area contributed by atoms with Gasteiger partial charge in [0.25, 0.3) is 11.8 Å². The third-order valence-electron chi connectivity index (χ3n) is 3.37. The molecule has 0 saturated heterocycles. The van der Waals surface area contributed by atoms with Crippen molar-refractivity contribution in [3.63, 3.8) is 0 Å². The number of nitrogens with one attached hydrogen (secondary N) is 2. The van der Waals surface area contributed by atoms with E-state index in [0.717, 1.165) is 5.56 Å². The number of hydrogen-bond donors (Lipinski definition) is 3. The third-order valence-corrected chi connectivity index (χ3v) is 3.37. The van der Waals surface area contributed by atoms with Crippen LogP contribution in [0.2, 0.25) is 0 Å². The number of hydrazone groups is 1. The van der Waals surface area contributed by atoms with Gasteiger partial charge < -0.3 is 15.2 Å². The lowest BCUT2D eigenvalue weighted by Gasteiger charge is -2.07. The van der Waals surface area contributed by atoms with Gasteiger partial charge >= 0.3 is 5.97 Å². The van der Waals surface area contributed by atoms with E-state index < -0.39 is 17.8 Å². The van der Waals surface area contributed by atoms with E-state index in [-0.39, 0.29) is 18.7 Å². The molecule has 0 heterocycles. The van der Waals surface area contributed by atoms with Gasteiger partial charge in [0.05, 0.1) is 18.3 Å². The molecule has 140 valence electrons.